The number of nitrogens with one attached hydrogen (secondary N) is 1. The fourth-order valence-corrected chi connectivity index (χ4v) is 5.05. The molecule has 1 aromatic carbocycles. The van der Waals surface area contributed by atoms with Crippen molar-refractivity contribution in [2.24, 2.45) is 5.92 Å². The molecule has 2 heterocycles. The number of rotatable bonds is 3. The third kappa shape index (κ3) is 3.34. The van der Waals surface area contributed by atoms with Crippen molar-refractivity contribution in [2.45, 2.75) is 26.2 Å². The van der Waals surface area contributed by atoms with E-state index < -0.39 is 0 Å². The van der Waals surface area contributed by atoms with Crippen LogP contribution in [-0.4, -0.2) is 24.1 Å². The molecule has 0 saturated carbocycles. The van der Waals surface area contributed by atoms with E-state index in [2.05, 4.69) is 23.0 Å². The molecule has 0 amide bonds. The smallest absolute Gasteiger partial charge is 0.260 e. The number of fused-ring (bicyclic) bond motifs is 3. The Kier molecular flexibility index (Phi) is 4.78. The fraction of sp³-hybridized carbons (Fsp3) is 0.318. The third-order valence-corrected chi connectivity index (χ3v) is 6.41. The van der Waals surface area contributed by atoms with Crippen molar-refractivity contribution in [3.8, 4) is 6.07 Å². The molecule has 1 unspecified atom stereocenters. The van der Waals surface area contributed by atoms with Crippen LogP contribution in [-0.2, 0) is 12.8 Å². The van der Waals surface area contributed by atoms with Crippen LogP contribution in [0.5, 0.6) is 0 Å². The van der Waals surface area contributed by atoms with E-state index in [1.807, 2.05) is 43.3 Å². The van der Waals surface area contributed by atoms with Crippen molar-refractivity contribution >= 4 is 38.9 Å². The Hall–Kier alpha value is -2.91. The van der Waals surface area contributed by atoms with E-state index in [9.17, 15) is 10.1 Å². The van der Waals surface area contributed by atoms with Gasteiger partial charge in [-0.1, -0.05) is 19.1 Å². The summed E-state index contributed by atoms with van der Waals surface area (Å²) in [6.07, 6.45) is 4.80. The quantitative estimate of drug-likeness (QED) is 0.679. The summed E-state index contributed by atoms with van der Waals surface area (Å²) in [5.41, 5.74) is 3.35. The summed E-state index contributed by atoms with van der Waals surface area (Å²) in [6, 6.07) is 10.1. The Bertz CT molecular complexity index is 1160. The lowest BCUT2D eigenvalue weighted by Crippen LogP contribution is -2.14. The second-order valence-corrected chi connectivity index (χ2v) is 8.69. The lowest BCUT2D eigenvalue weighted by atomic mass is 9.89. The van der Waals surface area contributed by atoms with E-state index in [1.54, 1.807) is 17.4 Å². The van der Waals surface area contributed by atoms with Gasteiger partial charge in [0.25, 0.3) is 5.56 Å². The molecular formula is C22H22N4OS. The van der Waals surface area contributed by atoms with Gasteiger partial charge >= 0.3 is 0 Å². The largest absolute Gasteiger partial charge is 0.378 e. The summed E-state index contributed by atoms with van der Waals surface area (Å²) in [4.78, 5) is 24.3. The van der Waals surface area contributed by atoms with Crippen LogP contribution in [0.3, 0.4) is 0 Å². The molecule has 2 aromatic heterocycles. The van der Waals surface area contributed by atoms with Gasteiger partial charge in [0.05, 0.1) is 11.0 Å². The number of anilines is 1. The van der Waals surface area contributed by atoms with Gasteiger partial charge in [0.2, 0.25) is 0 Å². The highest BCUT2D eigenvalue weighted by molar-refractivity contribution is 7.18. The summed E-state index contributed by atoms with van der Waals surface area (Å²) >= 11 is 1.60. The third-order valence-electron chi connectivity index (χ3n) is 5.26. The molecule has 0 aliphatic heterocycles. The van der Waals surface area contributed by atoms with Crippen LogP contribution in [0.15, 0.2) is 29.1 Å². The molecule has 6 heteroatoms. The number of allylic oxidation sites excluding steroid dienone is 1. The SMILES string of the molecule is CC1CCc2c(sc3nc(/C(C#N)=C\c4ccc(N(C)C)cc4)[nH]c(=O)c23)C1. The van der Waals surface area contributed by atoms with Crippen molar-refractivity contribution in [3.63, 3.8) is 0 Å². The van der Waals surface area contributed by atoms with Crippen LogP contribution in [0.1, 0.15) is 35.2 Å². The van der Waals surface area contributed by atoms with Crippen LogP contribution >= 0.6 is 11.3 Å². The van der Waals surface area contributed by atoms with Crippen molar-refractivity contribution in [3.05, 3.63) is 56.4 Å². The van der Waals surface area contributed by atoms with Crippen molar-refractivity contribution in [2.75, 3.05) is 19.0 Å². The number of nitrogens with zero attached hydrogens (tertiary/aromatic N) is 3. The first kappa shape index (κ1) is 18.5. The van der Waals surface area contributed by atoms with Crippen LogP contribution in [0, 0.1) is 17.2 Å². The molecule has 1 atom stereocenters. The highest BCUT2D eigenvalue weighted by Crippen LogP contribution is 2.36. The minimum atomic E-state index is -0.142. The Morgan fingerprint density at radius 3 is 2.79 bits per heavy atom. The maximum absolute atomic E-state index is 12.8. The number of aromatic amines is 1. The van der Waals surface area contributed by atoms with Crippen LogP contribution in [0.4, 0.5) is 5.69 Å². The number of hydrogen-bond donors (Lipinski definition) is 1. The zero-order valence-electron chi connectivity index (χ0n) is 16.2. The molecule has 1 aliphatic carbocycles. The number of thiophene rings is 1. The first-order chi connectivity index (χ1) is 13.5. The maximum Gasteiger partial charge on any atom is 0.260 e. The van der Waals surface area contributed by atoms with E-state index in [0.717, 1.165) is 40.9 Å². The molecule has 0 spiro atoms. The van der Waals surface area contributed by atoms with E-state index in [-0.39, 0.29) is 5.56 Å². The van der Waals surface area contributed by atoms with Gasteiger partial charge in [0.1, 0.15) is 10.9 Å². The van der Waals surface area contributed by atoms with Gasteiger partial charge in [-0.25, -0.2) is 4.98 Å². The Labute approximate surface area is 168 Å². The number of hydrogen-bond acceptors (Lipinski definition) is 5. The molecule has 1 aliphatic rings. The number of aryl methyl sites for hydroxylation is 1. The average molecular weight is 391 g/mol. The summed E-state index contributed by atoms with van der Waals surface area (Å²) in [6.45, 7) is 2.24. The highest BCUT2D eigenvalue weighted by Gasteiger charge is 2.23. The van der Waals surface area contributed by atoms with Crippen LogP contribution in [0.2, 0.25) is 0 Å². The average Bonchev–Trinajstić information content (AvgIpc) is 3.04. The van der Waals surface area contributed by atoms with Gasteiger partial charge in [0.15, 0.2) is 5.82 Å². The Balaban J connectivity index is 1.77. The van der Waals surface area contributed by atoms with Gasteiger partial charge < -0.3 is 9.88 Å². The molecule has 1 N–H and O–H groups in total. The Morgan fingerprint density at radius 1 is 1.36 bits per heavy atom. The Morgan fingerprint density at radius 2 is 2.11 bits per heavy atom. The van der Waals surface area contributed by atoms with Crippen molar-refractivity contribution in [1.29, 1.82) is 5.26 Å². The first-order valence-electron chi connectivity index (χ1n) is 9.40. The van der Waals surface area contributed by atoms with E-state index in [0.29, 0.717) is 22.7 Å². The van der Waals surface area contributed by atoms with E-state index in [1.165, 1.54) is 4.88 Å². The highest BCUT2D eigenvalue weighted by atomic mass is 32.1. The van der Waals surface area contributed by atoms with Gasteiger partial charge in [-0.3, -0.25) is 4.79 Å². The minimum absolute atomic E-state index is 0.142. The summed E-state index contributed by atoms with van der Waals surface area (Å²) < 4.78 is 0. The fourth-order valence-electron chi connectivity index (χ4n) is 3.67. The van der Waals surface area contributed by atoms with E-state index in [4.69, 9.17) is 0 Å². The molecule has 0 saturated heterocycles. The van der Waals surface area contributed by atoms with E-state index >= 15 is 0 Å². The van der Waals surface area contributed by atoms with Gasteiger partial charge in [-0.15, -0.1) is 11.3 Å². The summed E-state index contributed by atoms with van der Waals surface area (Å²) in [5, 5.41) is 10.4. The van der Waals surface area contributed by atoms with Crippen LogP contribution in [0.25, 0.3) is 21.9 Å². The van der Waals surface area contributed by atoms with Gasteiger partial charge in [-0.2, -0.15) is 5.26 Å². The second kappa shape index (κ2) is 7.25. The minimum Gasteiger partial charge on any atom is -0.378 e. The molecule has 4 rings (SSSR count). The maximum atomic E-state index is 12.8. The molecule has 0 radical (unpaired) electrons. The number of aromatic nitrogens is 2. The molecule has 5 nitrogen and oxygen atoms in total. The summed E-state index contributed by atoms with van der Waals surface area (Å²) in [5.74, 6) is 0.974. The molecule has 142 valence electrons. The molecule has 3 aromatic rings. The van der Waals surface area contributed by atoms with Crippen LogP contribution < -0.4 is 10.5 Å². The summed E-state index contributed by atoms with van der Waals surface area (Å²) in [7, 11) is 3.97. The standard InChI is InChI=1S/C22H22N4OS/c1-13-4-9-17-18(10-13)28-22-19(17)21(27)24-20(25-22)15(12-23)11-14-5-7-16(8-6-14)26(2)3/h5-8,11,13H,4,9-10H2,1-3H3,(H,24,25,27)/b15-11-. The monoisotopic (exact) mass is 390 g/mol. The molecule has 0 bridgehead atoms. The van der Waals surface area contributed by atoms with Crippen molar-refractivity contribution < 1.29 is 0 Å². The zero-order valence-corrected chi connectivity index (χ0v) is 17.1. The van der Waals surface area contributed by atoms with Gasteiger partial charge in [0, 0.05) is 24.7 Å². The van der Waals surface area contributed by atoms with Crippen molar-refractivity contribution in [1.82, 2.24) is 9.97 Å². The normalized spacial score (nSPS) is 16.6. The lowest BCUT2D eigenvalue weighted by molar-refractivity contribution is 0.509. The number of H-pyrrole nitrogens is 1. The number of benzene rings is 1. The van der Waals surface area contributed by atoms with Gasteiger partial charge in [-0.05, 0) is 54.5 Å². The predicted molar refractivity (Wildman–Crippen MR) is 116 cm³/mol. The topological polar surface area (TPSA) is 72.8 Å². The second-order valence-electron chi connectivity index (χ2n) is 7.60. The first-order valence-corrected chi connectivity index (χ1v) is 10.2. The predicted octanol–water partition coefficient (Wildman–Crippen LogP) is 4.24. The molecule has 0 fully saturated rings. The lowest BCUT2D eigenvalue weighted by Gasteiger charge is -2.17. The molecule has 28 heavy (non-hydrogen) atoms. The number of nitriles is 1. The zero-order chi connectivity index (χ0) is 19.8. The molecular weight excluding hydrogens is 368 g/mol.